The number of aromatic nitrogens is 2. The van der Waals surface area contributed by atoms with Crippen LogP contribution in [-0.2, 0) is 9.59 Å². The summed E-state index contributed by atoms with van der Waals surface area (Å²) in [6, 6.07) is 1.73. The summed E-state index contributed by atoms with van der Waals surface area (Å²) in [7, 11) is 5.81. The van der Waals surface area contributed by atoms with E-state index >= 15 is 0 Å². The minimum absolute atomic E-state index is 0.124. The number of anilines is 1. The lowest BCUT2D eigenvalue weighted by molar-refractivity contribution is -0.117. The summed E-state index contributed by atoms with van der Waals surface area (Å²) in [4.78, 5) is 50.9. The summed E-state index contributed by atoms with van der Waals surface area (Å²) in [6.07, 6.45) is 7.72. The lowest BCUT2D eigenvalue weighted by Crippen LogP contribution is -2.47. The van der Waals surface area contributed by atoms with Crippen molar-refractivity contribution in [1.29, 1.82) is 0 Å². The van der Waals surface area contributed by atoms with Crippen molar-refractivity contribution in [3.63, 3.8) is 0 Å². The molecule has 11 heteroatoms. The molecule has 0 aromatic carbocycles. The zero-order chi connectivity index (χ0) is 25.2. The molecule has 4 rings (SSSR count). The first-order valence-corrected chi connectivity index (χ1v) is 12.4. The number of amides is 2. The molecule has 2 amide bonds. The van der Waals surface area contributed by atoms with Crippen LogP contribution in [0.2, 0.25) is 0 Å². The van der Waals surface area contributed by atoms with E-state index in [-0.39, 0.29) is 23.2 Å². The summed E-state index contributed by atoms with van der Waals surface area (Å²) in [6.45, 7) is 3.09. The average molecular weight is 498 g/mol. The Morgan fingerprint density at radius 2 is 2.06 bits per heavy atom. The zero-order valence-electron chi connectivity index (χ0n) is 20.5. The standard InChI is InChI=1S/C24H31N7O3S/c1-15(19-22(34)29-24(31(19)4)7-5-6-8-24)11-16(13-32)28-20-17-12-18(35-23(17)27-14-26-20)21(33)25-9-10-30(2)3/h11-14H,5-10H2,1-4H3,(H,25,33)(H,29,34)(H,26,27,28)/b16-11+,19-15-. The maximum Gasteiger partial charge on any atom is 0.269 e. The fraction of sp³-hybridized carbons (Fsp3) is 0.458. The van der Waals surface area contributed by atoms with Gasteiger partial charge in [0, 0.05) is 20.1 Å². The highest BCUT2D eigenvalue weighted by Gasteiger charge is 2.47. The fourth-order valence-electron chi connectivity index (χ4n) is 4.67. The van der Waals surface area contributed by atoms with Gasteiger partial charge in [-0.05, 0) is 64.4 Å². The summed E-state index contributed by atoms with van der Waals surface area (Å²) < 4.78 is 0. The van der Waals surface area contributed by atoms with Gasteiger partial charge in [0.15, 0.2) is 6.29 Å². The van der Waals surface area contributed by atoms with Crippen LogP contribution in [0, 0.1) is 0 Å². The van der Waals surface area contributed by atoms with Crippen molar-refractivity contribution in [3.8, 4) is 0 Å². The lowest BCUT2D eigenvalue weighted by atomic mass is 10.1. The van der Waals surface area contributed by atoms with Gasteiger partial charge in [-0.1, -0.05) is 0 Å². The monoisotopic (exact) mass is 497 g/mol. The largest absolute Gasteiger partial charge is 0.350 e. The molecule has 0 radical (unpaired) electrons. The SMILES string of the molecule is CC(/C=C(\C=O)Nc1ncnc2sc(C(=O)NCCN(C)C)cc12)=C1\C(=O)NC2(CCCC2)N1C. The van der Waals surface area contributed by atoms with Gasteiger partial charge in [0.25, 0.3) is 11.8 Å². The van der Waals surface area contributed by atoms with Crippen molar-refractivity contribution in [2.75, 3.05) is 39.5 Å². The van der Waals surface area contributed by atoms with Gasteiger partial charge in [0.1, 0.15) is 28.3 Å². The zero-order valence-corrected chi connectivity index (χ0v) is 21.3. The van der Waals surface area contributed by atoms with Crippen molar-refractivity contribution < 1.29 is 14.4 Å². The normalized spacial score (nSPS) is 18.9. The Bertz CT molecular complexity index is 1210. The molecule has 0 bridgehead atoms. The predicted molar refractivity (Wildman–Crippen MR) is 136 cm³/mol. The van der Waals surface area contributed by atoms with E-state index in [1.54, 1.807) is 12.1 Å². The molecule has 186 valence electrons. The molecule has 1 aliphatic carbocycles. The second-order valence-electron chi connectivity index (χ2n) is 9.24. The van der Waals surface area contributed by atoms with E-state index in [9.17, 15) is 14.4 Å². The number of hydrogen-bond acceptors (Lipinski definition) is 9. The number of thiophene rings is 1. The Morgan fingerprint density at radius 1 is 1.31 bits per heavy atom. The number of rotatable bonds is 8. The van der Waals surface area contributed by atoms with Crippen molar-refractivity contribution in [2.45, 2.75) is 38.3 Å². The van der Waals surface area contributed by atoms with E-state index < -0.39 is 0 Å². The highest BCUT2D eigenvalue weighted by molar-refractivity contribution is 7.20. The Labute approximate surface area is 208 Å². The predicted octanol–water partition coefficient (Wildman–Crippen LogP) is 2.08. The van der Waals surface area contributed by atoms with Gasteiger partial charge in [0.05, 0.1) is 16.0 Å². The fourth-order valence-corrected chi connectivity index (χ4v) is 5.59. The van der Waals surface area contributed by atoms with Crippen molar-refractivity contribution in [3.05, 3.63) is 40.3 Å². The van der Waals surface area contributed by atoms with Crippen molar-refractivity contribution in [2.24, 2.45) is 0 Å². The second kappa shape index (κ2) is 10.1. The van der Waals surface area contributed by atoms with Crippen LogP contribution < -0.4 is 16.0 Å². The van der Waals surface area contributed by atoms with Crippen LogP contribution in [0.1, 0.15) is 42.3 Å². The minimum atomic E-state index is -0.324. The highest BCUT2D eigenvalue weighted by Crippen LogP contribution is 2.39. The molecular formula is C24H31N7O3S. The maximum atomic E-state index is 12.8. The number of allylic oxidation sites excluding steroid dienone is 3. The Kier molecular flexibility index (Phi) is 7.18. The molecule has 35 heavy (non-hydrogen) atoms. The summed E-state index contributed by atoms with van der Waals surface area (Å²) in [5.41, 5.74) is 1.18. The molecule has 10 nitrogen and oxygen atoms in total. The Hall–Kier alpha value is -3.31. The molecular weight excluding hydrogens is 466 g/mol. The van der Waals surface area contributed by atoms with Gasteiger partial charge in [-0.25, -0.2) is 9.97 Å². The van der Waals surface area contributed by atoms with E-state index in [0.29, 0.717) is 45.0 Å². The molecule has 0 unspecified atom stereocenters. The first-order chi connectivity index (χ1) is 16.7. The molecule has 2 aromatic heterocycles. The Balaban J connectivity index is 1.57. The second-order valence-corrected chi connectivity index (χ2v) is 10.3. The van der Waals surface area contributed by atoms with E-state index in [2.05, 4.69) is 25.9 Å². The smallest absolute Gasteiger partial charge is 0.269 e. The molecule has 2 aromatic rings. The number of carbonyl (C=O) groups excluding carboxylic acids is 3. The Morgan fingerprint density at radius 3 is 2.74 bits per heavy atom. The molecule has 1 spiro atoms. The van der Waals surface area contributed by atoms with Gasteiger partial charge >= 0.3 is 0 Å². The number of fused-ring (bicyclic) bond motifs is 1. The van der Waals surface area contributed by atoms with Crippen LogP contribution >= 0.6 is 11.3 Å². The third-order valence-electron chi connectivity index (χ3n) is 6.50. The molecule has 1 saturated heterocycles. The first-order valence-electron chi connectivity index (χ1n) is 11.6. The summed E-state index contributed by atoms with van der Waals surface area (Å²) >= 11 is 1.27. The molecule has 0 atom stereocenters. The van der Waals surface area contributed by atoms with Crippen LogP contribution in [0.25, 0.3) is 10.2 Å². The van der Waals surface area contributed by atoms with E-state index in [1.165, 1.54) is 17.7 Å². The third kappa shape index (κ3) is 5.06. The topological polar surface area (TPSA) is 120 Å². The molecule has 2 fully saturated rings. The van der Waals surface area contributed by atoms with Crippen LogP contribution in [0.3, 0.4) is 0 Å². The van der Waals surface area contributed by atoms with Crippen LogP contribution in [0.4, 0.5) is 5.82 Å². The van der Waals surface area contributed by atoms with Gasteiger partial charge in [-0.15, -0.1) is 11.3 Å². The number of nitrogens with zero attached hydrogens (tertiary/aromatic N) is 4. The van der Waals surface area contributed by atoms with E-state index in [4.69, 9.17) is 0 Å². The average Bonchev–Trinajstić information content (AvgIpc) is 3.51. The summed E-state index contributed by atoms with van der Waals surface area (Å²) in [5.74, 6) is 0.121. The molecule has 2 aliphatic rings. The lowest BCUT2D eigenvalue weighted by Gasteiger charge is -2.32. The number of carbonyl (C=O) groups is 3. The van der Waals surface area contributed by atoms with Gasteiger partial charge in [-0.3, -0.25) is 14.4 Å². The molecule has 3 heterocycles. The van der Waals surface area contributed by atoms with Crippen LogP contribution in [0.15, 0.2) is 35.4 Å². The van der Waals surface area contributed by atoms with Gasteiger partial charge in [-0.2, -0.15) is 0 Å². The molecule has 1 aliphatic heterocycles. The van der Waals surface area contributed by atoms with Crippen molar-refractivity contribution >= 4 is 45.5 Å². The van der Waals surface area contributed by atoms with Gasteiger partial charge in [0.2, 0.25) is 0 Å². The van der Waals surface area contributed by atoms with Crippen LogP contribution in [-0.4, -0.2) is 77.8 Å². The number of nitrogens with one attached hydrogen (secondary N) is 3. The quantitative estimate of drug-likeness (QED) is 0.375. The van der Waals surface area contributed by atoms with Crippen LogP contribution in [0.5, 0.6) is 0 Å². The minimum Gasteiger partial charge on any atom is -0.350 e. The summed E-state index contributed by atoms with van der Waals surface area (Å²) in [5, 5.41) is 9.73. The maximum absolute atomic E-state index is 12.8. The highest BCUT2D eigenvalue weighted by atomic mass is 32.1. The van der Waals surface area contributed by atoms with Crippen molar-refractivity contribution in [1.82, 2.24) is 30.4 Å². The number of likely N-dealkylation sites (N-methyl/N-ethyl adjacent to an activating group) is 2. The van der Waals surface area contributed by atoms with Gasteiger partial charge < -0.3 is 25.8 Å². The number of aldehydes is 1. The first kappa shape index (κ1) is 24.8. The molecule has 1 saturated carbocycles. The van der Waals surface area contributed by atoms with E-state index in [0.717, 1.165) is 32.2 Å². The number of hydrogen-bond donors (Lipinski definition) is 3. The molecule has 3 N–H and O–H groups in total. The third-order valence-corrected chi connectivity index (χ3v) is 7.54. The van der Waals surface area contributed by atoms with E-state index in [1.807, 2.05) is 37.9 Å².